The van der Waals surface area contributed by atoms with Gasteiger partial charge in [-0.3, -0.25) is 9.59 Å². The largest absolute Gasteiger partial charge is 0.482 e. The van der Waals surface area contributed by atoms with Crippen LogP contribution < -0.4 is 20.7 Å². The fraction of sp³-hybridized carbons (Fsp3) is 0.429. The van der Waals surface area contributed by atoms with Gasteiger partial charge in [0.15, 0.2) is 6.61 Å². The number of amides is 2. The van der Waals surface area contributed by atoms with E-state index in [1.165, 1.54) is 0 Å². The second kappa shape index (κ2) is 6.12. The van der Waals surface area contributed by atoms with Crippen LogP contribution in [0.4, 0.5) is 11.4 Å². The lowest BCUT2D eigenvalue weighted by Crippen LogP contribution is -2.53. The van der Waals surface area contributed by atoms with Crippen LogP contribution in [-0.2, 0) is 14.3 Å². The number of fused-ring (bicyclic) bond motifs is 1. The lowest BCUT2D eigenvalue weighted by atomic mass is 10.1. The Morgan fingerprint density at radius 2 is 2.27 bits per heavy atom. The van der Waals surface area contributed by atoms with Gasteiger partial charge in [-0.1, -0.05) is 11.6 Å². The van der Waals surface area contributed by atoms with Gasteiger partial charge < -0.3 is 25.4 Å². The van der Waals surface area contributed by atoms with E-state index in [1.54, 1.807) is 12.1 Å². The van der Waals surface area contributed by atoms with Crippen LogP contribution in [0.2, 0.25) is 5.02 Å². The van der Waals surface area contributed by atoms with E-state index in [1.807, 2.05) is 6.92 Å². The van der Waals surface area contributed by atoms with E-state index in [4.69, 9.17) is 21.1 Å². The molecule has 2 aliphatic rings. The van der Waals surface area contributed by atoms with Crippen molar-refractivity contribution in [2.45, 2.75) is 19.1 Å². The molecule has 1 saturated heterocycles. The average Bonchev–Trinajstić information content (AvgIpc) is 2.48. The molecule has 1 aromatic rings. The molecule has 0 aromatic heterocycles. The van der Waals surface area contributed by atoms with Crippen LogP contribution >= 0.6 is 11.6 Å². The summed E-state index contributed by atoms with van der Waals surface area (Å²) >= 11 is 6.16. The van der Waals surface area contributed by atoms with E-state index in [0.717, 1.165) is 0 Å². The molecular weight excluding hydrogens is 310 g/mol. The Bertz CT molecular complexity index is 622. The van der Waals surface area contributed by atoms with Crippen molar-refractivity contribution < 1.29 is 19.1 Å². The normalized spacial score (nSPS) is 24.0. The van der Waals surface area contributed by atoms with Gasteiger partial charge in [-0.2, -0.15) is 0 Å². The first-order valence-electron chi connectivity index (χ1n) is 6.96. The molecule has 0 bridgehead atoms. The van der Waals surface area contributed by atoms with Gasteiger partial charge in [0.1, 0.15) is 11.8 Å². The Morgan fingerprint density at radius 1 is 1.45 bits per heavy atom. The molecule has 0 spiro atoms. The number of carbonyl (C=O) groups excluding carboxylic acids is 2. The third-order valence-corrected chi connectivity index (χ3v) is 3.87. The van der Waals surface area contributed by atoms with Gasteiger partial charge in [0.05, 0.1) is 29.1 Å². The molecule has 8 heteroatoms. The van der Waals surface area contributed by atoms with Gasteiger partial charge >= 0.3 is 0 Å². The van der Waals surface area contributed by atoms with Crippen molar-refractivity contribution in [3.05, 3.63) is 17.2 Å². The highest BCUT2D eigenvalue weighted by Crippen LogP contribution is 2.36. The number of nitrogens with one attached hydrogen (secondary N) is 3. The zero-order valence-corrected chi connectivity index (χ0v) is 12.7. The number of hydrogen-bond donors (Lipinski definition) is 3. The minimum absolute atomic E-state index is 0.0585. The minimum atomic E-state index is -0.443. The van der Waals surface area contributed by atoms with E-state index < -0.39 is 6.04 Å². The Balaban J connectivity index is 1.77. The Kier molecular flexibility index (Phi) is 4.19. The predicted molar refractivity (Wildman–Crippen MR) is 81.4 cm³/mol. The zero-order valence-electron chi connectivity index (χ0n) is 11.9. The van der Waals surface area contributed by atoms with E-state index in [-0.39, 0.29) is 24.5 Å². The van der Waals surface area contributed by atoms with E-state index >= 15 is 0 Å². The molecule has 1 aromatic carbocycles. The molecule has 1 fully saturated rings. The van der Waals surface area contributed by atoms with Crippen LogP contribution in [0.1, 0.15) is 6.92 Å². The molecule has 0 radical (unpaired) electrons. The van der Waals surface area contributed by atoms with Gasteiger partial charge in [-0.15, -0.1) is 0 Å². The summed E-state index contributed by atoms with van der Waals surface area (Å²) in [5, 5.41) is 8.85. The zero-order chi connectivity index (χ0) is 15.7. The summed E-state index contributed by atoms with van der Waals surface area (Å²) in [6.45, 7) is 2.98. The molecule has 3 rings (SSSR count). The number of anilines is 2. The van der Waals surface area contributed by atoms with Crippen LogP contribution in [0.15, 0.2) is 12.1 Å². The molecule has 0 unspecified atom stereocenters. The summed E-state index contributed by atoms with van der Waals surface area (Å²) in [7, 11) is 0. The van der Waals surface area contributed by atoms with Crippen LogP contribution in [0.5, 0.6) is 5.75 Å². The third kappa shape index (κ3) is 3.01. The van der Waals surface area contributed by atoms with E-state index in [9.17, 15) is 9.59 Å². The molecular formula is C14H16ClN3O4. The lowest BCUT2D eigenvalue weighted by Gasteiger charge is -2.29. The Hall–Kier alpha value is -1.83. The van der Waals surface area contributed by atoms with Gasteiger partial charge in [0.2, 0.25) is 5.91 Å². The Labute approximate surface area is 132 Å². The maximum atomic E-state index is 12.3. The molecule has 2 amide bonds. The minimum Gasteiger partial charge on any atom is -0.482 e. The van der Waals surface area contributed by atoms with Crippen molar-refractivity contribution in [1.29, 1.82) is 0 Å². The molecule has 2 heterocycles. The van der Waals surface area contributed by atoms with E-state index in [0.29, 0.717) is 35.3 Å². The number of benzene rings is 1. The van der Waals surface area contributed by atoms with Crippen LogP contribution in [0, 0.1) is 0 Å². The van der Waals surface area contributed by atoms with Gasteiger partial charge in [-0.05, 0) is 13.0 Å². The Morgan fingerprint density at radius 3 is 3.05 bits per heavy atom. The molecule has 0 aliphatic carbocycles. The number of hydrogen-bond acceptors (Lipinski definition) is 5. The summed E-state index contributed by atoms with van der Waals surface area (Å²) < 4.78 is 10.8. The first kappa shape index (κ1) is 15.1. The number of morpholine rings is 1. The highest BCUT2D eigenvalue weighted by molar-refractivity contribution is 6.34. The van der Waals surface area contributed by atoms with Crippen molar-refractivity contribution in [3.63, 3.8) is 0 Å². The molecule has 0 saturated carbocycles. The summed E-state index contributed by atoms with van der Waals surface area (Å²) in [6.07, 6.45) is -0.222. The standard InChI is InChI=1S/C14H16ClN3O4/c1-7-13(16-2-3-21-7)14(20)18-9-5-11-10(4-8(9)15)17-12(19)6-22-11/h4-5,7,13,16H,2-3,6H2,1H3,(H,17,19)(H,18,20)/t7-,13+/m1/s1. The van der Waals surface area contributed by atoms with E-state index in [2.05, 4.69) is 16.0 Å². The maximum absolute atomic E-state index is 12.3. The monoisotopic (exact) mass is 325 g/mol. The molecule has 22 heavy (non-hydrogen) atoms. The van der Waals surface area contributed by atoms with Crippen LogP contribution in [0.3, 0.4) is 0 Å². The molecule has 2 aliphatic heterocycles. The number of ether oxygens (including phenoxy) is 2. The second-order valence-electron chi connectivity index (χ2n) is 5.16. The first-order chi connectivity index (χ1) is 10.5. The molecule has 3 N–H and O–H groups in total. The van der Waals surface area contributed by atoms with Gasteiger partial charge in [-0.25, -0.2) is 0 Å². The fourth-order valence-electron chi connectivity index (χ4n) is 2.43. The van der Waals surface area contributed by atoms with Crippen LogP contribution in [0.25, 0.3) is 0 Å². The van der Waals surface area contributed by atoms with Crippen molar-refractivity contribution in [2.75, 3.05) is 30.4 Å². The van der Waals surface area contributed by atoms with Gasteiger partial charge in [0.25, 0.3) is 5.91 Å². The van der Waals surface area contributed by atoms with Gasteiger partial charge in [0, 0.05) is 12.6 Å². The van der Waals surface area contributed by atoms with Crippen molar-refractivity contribution in [1.82, 2.24) is 5.32 Å². The maximum Gasteiger partial charge on any atom is 0.262 e. The lowest BCUT2D eigenvalue weighted by molar-refractivity contribution is -0.123. The molecule has 118 valence electrons. The molecule has 2 atom stereocenters. The quantitative estimate of drug-likeness (QED) is 0.754. The third-order valence-electron chi connectivity index (χ3n) is 3.56. The SMILES string of the molecule is C[C@H]1OCCN[C@@H]1C(=O)Nc1cc2c(cc1Cl)NC(=O)CO2. The second-order valence-corrected chi connectivity index (χ2v) is 5.57. The summed E-state index contributed by atoms with van der Waals surface area (Å²) in [5.41, 5.74) is 0.924. The first-order valence-corrected chi connectivity index (χ1v) is 7.34. The fourth-order valence-corrected chi connectivity index (χ4v) is 2.64. The molecule has 7 nitrogen and oxygen atoms in total. The van der Waals surface area contributed by atoms with Crippen molar-refractivity contribution in [2.24, 2.45) is 0 Å². The summed E-state index contributed by atoms with van der Waals surface area (Å²) in [4.78, 5) is 23.6. The summed E-state index contributed by atoms with van der Waals surface area (Å²) in [6, 6.07) is 2.71. The summed E-state index contributed by atoms with van der Waals surface area (Å²) in [5.74, 6) is 0.00632. The number of halogens is 1. The highest BCUT2D eigenvalue weighted by atomic mass is 35.5. The highest BCUT2D eigenvalue weighted by Gasteiger charge is 2.29. The topological polar surface area (TPSA) is 88.7 Å². The number of rotatable bonds is 2. The predicted octanol–water partition coefficient (Wildman–Crippen LogP) is 0.986. The van der Waals surface area contributed by atoms with Crippen molar-refractivity contribution >= 4 is 34.8 Å². The van der Waals surface area contributed by atoms with Crippen LogP contribution in [-0.4, -0.2) is 43.7 Å². The van der Waals surface area contributed by atoms with Crippen molar-refractivity contribution in [3.8, 4) is 5.75 Å². The smallest absolute Gasteiger partial charge is 0.262 e. The average molecular weight is 326 g/mol. The number of carbonyl (C=O) groups is 2.